The van der Waals surface area contributed by atoms with E-state index in [-0.39, 0.29) is 18.1 Å². The van der Waals surface area contributed by atoms with E-state index in [4.69, 9.17) is 5.11 Å². The minimum absolute atomic E-state index is 0.0161. The molecule has 0 bridgehead atoms. The molecular formula is C8H12N2O3. The van der Waals surface area contributed by atoms with E-state index in [1.54, 1.807) is 0 Å². The molecule has 3 unspecified atom stereocenters. The molecule has 3 atom stereocenters. The second kappa shape index (κ2) is 2.90. The number of fused-ring (bicyclic) bond motifs is 1. The topological polar surface area (TPSA) is 78.4 Å². The van der Waals surface area contributed by atoms with Gasteiger partial charge in [-0.15, -0.1) is 0 Å². The fraction of sp³-hybridized carbons (Fsp3) is 0.750. The van der Waals surface area contributed by atoms with Crippen molar-refractivity contribution in [3.05, 3.63) is 0 Å². The summed E-state index contributed by atoms with van der Waals surface area (Å²) in [6.07, 6.45) is 2.42. The molecule has 0 spiro atoms. The fourth-order valence-electron chi connectivity index (χ4n) is 2.20. The number of amides is 2. The minimum Gasteiger partial charge on any atom is -0.481 e. The maximum Gasteiger partial charge on any atom is 0.315 e. The third-order valence-electron chi connectivity index (χ3n) is 2.83. The van der Waals surface area contributed by atoms with Crippen LogP contribution in [0.3, 0.4) is 0 Å². The van der Waals surface area contributed by atoms with E-state index in [9.17, 15) is 9.59 Å². The standard InChI is InChI=1S/C8H12N2O3/c11-7(12)4-2-1-3-5-6(4)10-8(13)9-5/h4-6H,1-3H2,(H,11,12)(H2,9,10,13). The molecule has 5 nitrogen and oxygen atoms in total. The first-order chi connectivity index (χ1) is 6.18. The van der Waals surface area contributed by atoms with Gasteiger partial charge in [-0.05, 0) is 12.8 Å². The number of carboxylic acids is 1. The molecule has 2 rings (SSSR count). The van der Waals surface area contributed by atoms with E-state index in [0.29, 0.717) is 6.42 Å². The molecule has 1 aliphatic heterocycles. The van der Waals surface area contributed by atoms with Crippen molar-refractivity contribution >= 4 is 12.0 Å². The predicted octanol–water partition coefficient (Wildman–Crippen LogP) is -0.0789. The Hall–Kier alpha value is -1.26. The van der Waals surface area contributed by atoms with Gasteiger partial charge >= 0.3 is 12.0 Å². The van der Waals surface area contributed by atoms with Crippen LogP contribution in [0.2, 0.25) is 0 Å². The summed E-state index contributed by atoms with van der Waals surface area (Å²) in [5.74, 6) is -1.23. The van der Waals surface area contributed by atoms with Gasteiger partial charge in [-0.1, -0.05) is 6.42 Å². The van der Waals surface area contributed by atoms with Crippen molar-refractivity contribution < 1.29 is 14.7 Å². The van der Waals surface area contributed by atoms with Gasteiger partial charge < -0.3 is 15.7 Å². The molecule has 2 amide bonds. The van der Waals surface area contributed by atoms with Crippen molar-refractivity contribution in [1.82, 2.24) is 10.6 Å². The molecule has 1 saturated carbocycles. The van der Waals surface area contributed by atoms with Crippen molar-refractivity contribution in [3.8, 4) is 0 Å². The second-order valence-electron chi connectivity index (χ2n) is 3.63. The molecule has 13 heavy (non-hydrogen) atoms. The maximum atomic E-state index is 11.0. The van der Waals surface area contributed by atoms with Crippen LogP contribution in [0.1, 0.15) is 19.3 Å². The average molecular weight is 184 g/mol. The van der Waals surface area contributed by atoms with Gasteiger partial charge in [-0.25, -0.2) is 4.79 Å². The summed E-state index contributed by atoms with van der Waals surface area (Å²) in [7, 11) is 0. The number of hydrogen-bond acceptors (Lipinski definition) is 2. The quantitative estimate of drug-likeness (QED) is 0.533. The molecule has 2 aliphatic rings. The highest BCUT2D eigenvalue weighted by atomic mass is 16.4. The number of carboxylic acid groups (broad SMARTS) is 1. The van der Waals surface area contributed by atoms with E-state index >= 15 is 0 Å². The largest absolute Gasteiger partial charge is 0.481 e. The molecule has 72 valence electrons. The second-order valence-corrected chi connectivity index (χ2v) is 3.63. The third kappa shape index (κ3) is 1.34. The molecule has 2 fully saturated rings. The van der Waals surface area contributed by atoms with Crippen molar-refractivity contribution in [1.29, 1.82) is 0 Å². The molecule has 0 aromatic rings. The van der Waals surface area contributed by atoms with Crippen LogP contribution in [0.4, 0.5) is 4.79 Å². The zero-order valence-corrected chi connectivity index (χ0v) is 7.12. The highest BCUT2D eigenvalue weighted by Crippen LogP contribution is 2.27. The monoisotopic (exact) mass is 184 g/mol. The highest BCUT2D eigenvalue weighted by Gasteiger charge is 2.42. The normalized spacial score (nSPS) is 37.5. The Kier molecular flexibility index (Phi) is 1.86. The SMILES string of the molecule is O=C1NC2CCCC(C(=O)O)C2N1. The first-order valence-electron chi connectivity index (χ1n) is 4.48. The van der Waals surface area contributed by atoms with Crippen LogP contribution in [0, 0.1) is 5.92 Å². The number of carbonyl (C=O) groups is 2. The van der Waals surface area contributed by atoms with Gasteiger partial charge in [0.1, 0.15) is 0 Å². The van der Waals surface area contributed by atoms with Crippen molar-refractivity contribution in [2.75, 3.05) is 0 Å². The summed E-state index contributed by atoms with van der Waals surface area (Å²) < 4.78 is 0. The number of carbonyl (C=O) groups excluding carboxylic acids is 1. The molecule has 1 saturated heterocycles. The minimum atomic E-state index is -0.807. The van der Waals surface area contributed by atoms with Gasteiger partial charge in [0.05, 0.1) is 18.0 Å². The van der Waals surface area contributed by atoms with Gasteiger partial charge in [0.2, 0.25) is 0 Å². The molecule has 1 heterocycles. The lowest BCUT2D eigenvalue weighted by molar-refractivity contribution is -0.143. The number of rotatable bonds is 1. The van der Waals surface area contributed by atoms with Crippen LogP contribution >= 0.6 is 0 Å². The summed E-state index contributed by atoms with van der Waals surface area (Å²) in [5, 5.41) is 14.3. The lowest BCUT2D eigenvalue weighted by Gasteiger charge is -2.29. The zero-order chi connectivity index (χ0) is 9.42. The summed E-state index contributed by atoms with van der Waals surface area (Å²) in [4.78, 5) is 21.8. The smallest absolute Gasteiger partial charge is 0.315 e. The third-order valence-corrected chi connectivity index (χ3v) is 2.83. The Labute approximate surface area is 75.5 Å². The van der Waals surface area contributed by atoms with Crippen LogP contribution in [-0.4, -0.2) is 29.2 Å². The summed E-state index contributed by atoms with van der Waals surface area (Å²) in [6.45, 7) is 0. The molecule has 0 aromatic heterocycles. The number of aliphatic carboxylic acids is 1. The molecule has 0 radical (unpaired) electrons. The summed E-state index contributed by atoms with van der Waals surface area (Å²) >= 11 is 0. The Morgan fingerprint density at radius 3 is 2.85 bits per heavy atom. The van der Waals surface area contributed by atoms with E-state index in [1.165, 1.54) is 0 Å². The first kappa shape index (κ1) is 8.34. The first-order valence-corrected chi connectivity index (χ1v) is 4.48. The van der Waals surface area contributed by atoms with E-state index in [1.807, 2.05) is 0 Å². The number of nitrogens with one attached hydrogen (secondary N) is 2. The van der Waals surface area contributed by atoms with E-state index in [0.717, 1.165) is 12.8 Å². The Morgan fingerprint density at radius 2 is 2.15 bits per heavy atom. The van der Waals surface area contributed by atoms with Crippen LogP contribution in [0.5, 0.6) is 0 Å². The highest BCUT2D eigenvalue weighted by molar-refractivity contribution is 5.80. The molecule has 5 heteroatoms. The Morgan fingerprint density at radius 1 is 1.38 bits per heavy atom. The fourth-order valence-corrected chi connectivity index (χ4v) is 2.20. The number of urea groups is 1. The molecule has 1 aliphatic carbocycles. The van der Waals surface area contributed by atoms with Gasteiger partial charge in [-0.2, -0.15) is 0 Å². The Balaban J connectivity index is 2.14. The van der Waals surface area contributed by atoms with Gasteiger partial charge in [0.25, 0.3) is 0 Å². The Bertz CT molecular complexity index is 254. The van der Waals surface area contributed by atoms with Crippen molar-refractivity contribution in [3.63, 3.8) is 0 Å². The molecular weight excluding hydrogens is 172 g/mol. The van der Waals surface area contributed by atoms with Crippen LogP contribution in [0.15, 0.2) is 0 Å². The van der Waals surface area contributed by atoms with E-state index in [2.05, 4.69) is 10.6 Å². The zero-order valence-electron chi connectivity index (χ0n) is 7.12. The van der Waals surface area contributed by atoms with E-state index < -0.39 is 11.9 Å². The summed E-state index contributed by atoms with van der Waals surface area (Å²) in [6, 6.07) is -0.427. The lowest BCUT2D eigenvalue weighted by Crippen LogP contribution is -2.46. The molecule has 3 N–H and O–H groups in total. The van der Waals surface area contributed by atoms with Crippen molar-refractivity contribution in [2.24, 2.45) is 5.92 Å². The van der Waals surface area contributed by atoms with Crippen LogP contribution in [0.25, 0.3) is 0 Å². The van der Waals surface area contributed by atoms with Gasteiger partial charge in [0.15, 0.2) is 0 Å². The maximum absolute atomic E-state index is 11.0. The van der Waals surface area contributed by atoms with Crippen LogP contribution in [-0.2, 0) is 4.79 Å². The van der Waals surface area contributed by atoms with Crippen molar-refractivity contribution in [2.45, 2.75) is 31.3 Å². The number of hydrogen-bond donors (Lipinski definition) is 3. The lowest BCUT2D eigenvalue weighted by atomic mass is 9.82. The van der Waals surface area contributed by atoms with Gasteiger partial charge in [-0.3, -0.25) is 4.79 Å². The van der Waals surface area contributed by atoms with Gasteiger partial charge in [0, 0.05) is 0 Å². The van der Waals surface area contributed by atoms with Crippen LogP contribution < -0.4 is 10.6 Å². The molecule has 0 aromatic carbocycles. The average Bonchev–Trinajstić information content (AvgIpc) is 2.43. The predicted molar refractivity (Wildman–Crippen MR) is 44.2 cm³/mol. The summed E-state index contributed by atoms with van der Waals surface area (Å²) in [5.41, 5.74) is 0.